The van der Waals surface area contributed by atoms with E-state index < -0.39 is 5.91 Å². The molecule has 0 unspecified atom stereocenters. The second-order valence-corrected chi connectivity index (χ2v) is 4.61. The molecule has 0 aliphatic carbocycles. The summed E-state index contributed by atoms with van der Waals surface area (Å²) in [5.74, 6) is -0.0222. The number of fused-ring (bicyclic) bond motifs is 1. The fourth-order valence-corrected chi connectivity index (χ4v) is 2.09. The zero-order chi connectivity index (χ0) is 14.8. The number of benzene rings is 1. The number of nitrogen functional groups attached to an aromatic ring is 1. The number of aromatic nitrogens is 2. The Kier molecular flexibility index (Phi) is 3.19. The van der Waals surface area contributed by atoms with Crippen molar-refractivity contribution in [1.82, 2.24) is 9.38 Å². The fraction of sp³-hybridized carbons (Fsp3) is 0.0667. The number of amides is 1. The van der Waals surface area contributed by atoms with Gasteiger partial charge in [0.2, 0.25) is 0 Å². The molecule has 0 spiro atoms. The minimum Gasteiger partial charge on any atom is -0.480 e. The van der Waals surface area contributed by atoms with E-state index in [0.29, 0.717) is 17.1 Å². The van der Waals surface area contributed by atoms with Crippen molar-refractivity contribution in [1.29, 1.82) is 0 Å². The number of nitrogens with zero attached hydrogens (tertiary/aromatic N) is 2. The molecule has 0 atom stereocenters. The third kappa shape index (κ3) is 2.64. The van der Waals surface area contributed by atoms with Gasteiger partial charge in [-0.2, -0.15) is 0 Å². The van der Waals surface area contributed by atoms with E-state index >= 15 is 0 Å². The van der Waals surface area contributed by atoms with Crippen molar-refractivity contribution in [2.24, 2.45) is 5.73 Å². The number of hydrogen-bond donors (Lipinski definition) is 2. The maximum atomic E-state index is 10.8. The second kappa shape index (κ2) is 5.16. The van der Waals surface area contributed by atoms with E-state index in [1.807, 2.05) is 47.1 Å². The highest BCUT2D eigenvalue weighted by Crippen LogP contribution is 2.25. The molecule has 1 amide bonds. The molecule has 0 saturated carbocycles. The summed E-state index contributed by atoms with van der Waals surface area (Å²) in [6.45, 7) is -0.180. The summed E-state index contributed by atoms with van der Waals surface area (Å²) in [5, 5.41) is 0. The van der Waals surface area contributed by atoms with E-state index in [2.05, 4.69) is 4.98 Å². The number of rotatable bonds is 4. The minimum atomic E-state index is -0.528. The predicted molar refractivity (Wildman–Crippen MR) is 79.7 cm³/mol. The molecule has 0 fully saturated rings. The normalized spacial score (nSPS) is 10.7. The minimum absolute atomic E-state index is 0.180. The Bertz CT molecular complexity index is 810. The van der Waals surface area contributed by atoms with Gasteiger partial charge in [0, 0.05) is 23.6 Å². The van der Waals surface area contributed by atoms with Crippen LogP contribution in [0.2, 0.25) is 0 Å². The van der Waals surface area contributed by atoms with Crippen LogP contribution in [0.3, 0.4) is 0 Å². The molecule has 2 heterocycles. The first-order valence-corrected chi connectivity index (χ1v) is 6.38. The van der Waals surface area contributed by atoms with Crippen molar-refractivity contribution in [2.45, 2.75) is 0 Å². The van der Waals surface area contributed by atoms with Crippen LogP contribution in [0.15, 0.2) is 48.8 Å². The zero-order valence-electron chi connectivity index (χ0n) is 11.2. The van der Waals surface area contributed by atoms with Crippen molar-refractivity contribution in [3.05, 3.63) is 48.8 Å². The molecule has 3 rings (SSSR count). The lowest BCUT2D eigenvalue weighted by Crippen LogP contribution is -2.20. The van der Waals surface area contributed by atoms with Gasteiger partial charge < -0.3 is 20.6 Å². The van der Waals surface area contributed by atoms with Gasteiger partial charge in [-0.05, 0) is 24.3 Å². The molecular weight excluding hydrogens is 268 g/mol. The van der Waals surface area contributed by atoms with Crippen LogP contribution in [0.25, 0.3) is 16.9 Å². The van der Waals surface area contributed by atoms with Crippen LogP contribution < -0.4 is 16.2 Å². The summed E-state index contributed by atoms with van der Waals surface area (Å²) in [6.07, 6.45) is 3.73. The lowest BCUT2D eigenvalue weighted by atomic mass is 10.1. The van der Waals surface area contributed by atoms with E-state index in [1.54, 1.807) is 6.07 Å². The Labute approximate surface area is 121 Å². The van der Waals surface area contributed by atoms with E-state index in [9.17, 15) is 4.79 Å². The molecule has 6 nitrogen and oxygen atoms in total. The highest BCUT2D eigenvalue weighted by atomic mass is 16.5. The first-order valence-electron chi connectivity index (χ1n) is 6.38. The summed E-state index contributed by atoms with van der Waals surface area (Å²) in [5.41, 5.74) is 13.9. The van der Waals surface area contributed by atoms with Gasteiger partial charge in [0.1, 0.15) is 0 Å². The van der Waals surface area contributed by atoms with Crippen LogP contribution in [0.4, 0.5) is 5.69 Å². The van der Waals surface area contributed by atoms with Crippen LogP contribution in [0.5, 0.6) is 5.75 Å². The Morgan fingerprint density at radius 3 is 2.90 bits per heavy atom. The molecule has 3 aromatic rings. The predicted octanol–water partition coefficient (Wildman–Crippen LogP) is 1.45. The quantitative estimate of drug-likeness (QED) is 0.708. The molecule has 106 valence electrons. The van der Waals surface area contributed by atoms with Crippen molar-refractivity contribution >= 4 is 17.2 Å². The third-order valence-electron chi connectivity index (χ3n) is 3.00. The van der Waals surface area contributed by atoms with Gasteiger partial charge >= 0.3 is 0 Å². The van der Waals surface area contributed by atoms with Crippen LogP contribution in [-0.4, -0.2) is 21.9 Å². The van der Waals surface area contributed by atoms with Gasteiger partial charge in [-0.3, -0.25) is 4.79 Å². The van der Waals surface area contributed by atoms with Gasteiger partial charge in [-0.25, -0.2) is 4.98 Å². The van der Waals surface area contributed by atoms with Gasteiger partial charge in [-0.15, -0.1) is 0 Å². The lowest BCUT2D eigenvalue weighted by Gasteiger charge is -2.04. The molecule has 6 heteroatoms. The van der Waals surface area contributed by atoms with Gasteiger partial charge in [0.15, 0.2) is 18.0 Å². The van der Waals surface area contributed by atoms with Crippen LogP contribution in [0.1, 0.15) is 0 Å². The van der Waals surface area contributed by atoms with Crippen LogP contribution >= 0.6 is 0 Å². The number of anilines is 1. The van der Waals surface area contributed by atoms with E-state index in [0.717, 1.165) is 11.3 Å². The SMILES string of the molecule is NC(=O)COc1cccn2cc(-c3cccc(N)c3)nc12. The van der Waals surface area contributed by atoms with Crippen molar-refractivity contribution in [3.63, 3.8) is 0 Å². The summed E-state index contributed by atoms with van der Waals surface area (Å²) in [4.78, 5) is 15.4. The standard InChI is InChI=1S/C15H14N4O2/c16-11-4-1-3-10(7-11)12-8-19-6-2-5-13(15(19)18-12)21-9-14(17)20/h1-8H,9,16H2,(H2,17,20). The number of pyridine rings is 1. The van der Waals surface area contributed by atoms with Crippen LogP contribution in [-0.2, 0) is 4.79 Å². The number of carbonyl (C=O) groups excluding carboxylic acids is 1. The topological polar surface area (TPSA) is 95.6 Å². The highest BCUT2D eigenvalue weighted by Gasteiger charge is 2.09. The van der Waals surface area contributed by atoms with Gasteiger partial charge in [0.05, 0.1) is 5.69 Å². The first kappa shape index (κ1) is 13.0. The number of hydrogen-bond acceptors (Lipinski definition) is 4. The van der Waals surface area contributed by atoms with Gasteiger partial charge in [-0.1, -0.05) is 12.1 Å². The molecule has 0 bridgehead atoms. The number of nitrogens with two attached hydrogens (primary N) is 2. The van der Waals surface area contributed by atoms with Gasteiger partial charge in [0.25, 0.3) is 5.91 Å². The Balaban J connectivity index is 2.03. The monoisotopic (exact) mass is 282 g/mol. The van der Waals surface area contributed by atoms with Crippen molar-refractivity contribution < 1.29 is 9.53 Å². The number of primary amides is 1. The summed E-state index contributed by atoms with van der Waals surface area (Å²) in [7, 11) is 0. The smallest absolute Gasteiger partial charge is 0.255 e. The molecule has 0 saturated heterocycles. The Hall–Kier alpha value is -3.02. The average Bonchev–Trinajstić information content (AvgIpc) is 2.89. The largest absolute Gasteiger partial charge is 0.480 e. The molecular formula is C15H14N4O2. The molecule has 0 radical (unpaired) electrons. The number of carbonyl (C=O) groups is 1. The molecule has 1 aromatic carbocycles. The number of ether oxygens (including phenoxy) is 1. The lowest BCUT2D eigenvalue weighted by molar-refractivity contribution is -0.119. The Morgan fingerprint density at radius 1 is 1.29 bits per heavy atom. The third-order valence-corrected chi connectivity index (χ3v) is 3.00. The van der Waals surface area contributed by atoms with Crippen molar-refractivity contribution in [2.75, 3.05) is 12.3 Å². The molecule has 2 aromatic heterocycles. The fourth-order valence-electron chi connectivity index (χ4n) is 2.09. The Morgan fingerprint density at radius 2 is 2.14 bits per heavy atom. The van der Waals surface area contributed by atoms with Crippen molar-refractivity contribution in [3.8, 4) is 17.0 Å². The number of imidazole rings is 1. The first-order chi connectivity index (χ1) is 10.1. The average molecular weight is 282 g/mol. The van der Waals surface area contributed by atoms with E-state index in [1.165, 1.54) is 0 Å². The highest BCUT2D eigenvalue weighted by molar-refractivity contribution is 5.76. The maximum absolute atomic E-state index is 10.8. The summed E-state index contributed by atoms with van der Waals surface area (Å²) in [6, 6.07) is 11.0. The summed E-state index contributed by atoms with van der Waals surface area (Å²) < 4.78 is 7.20. The van der Waals surface area contributed by atoms with Crippen LogP contribution in [0, 0.1) is 0 Å². The molecule has 4 N–H and O–H groups in total. The summed E-state index contributed by atoms with van der Waals surface area (Å²) >= 11 is 0. The zero-order valence-corrected chi connectivity index (χ0v) is 11.2. The second-order valence-electron chi connectivity index (χ2n) is 4.61. The molecule has 21 heavy (non-hydrogen) atoms. The van der Waals surface area contributed by atoms with E-state index in [-0.39, 0.29) is 6.61 Å². The molecule has 0 aliphatic heterocycles. The maximum Gasteiger partial charge on any atom is 0.255 e. The van der Waals surface area contributed by atoms with E-state index in [4.69, 9.17) is 16.2 Å². The molecule has 0 aliphatic rings.